The Morgan fingerprint density at radius 3 is 2.28 bits per heavy atom. The smallest absolute Gasteiger partial charge is 0.303 e. The van der Waals surface area contributed by atoms with Crippen molar-refractivity contribution < 1.29 is 43.6 Å². The average Bonchev–Trinajstić information content (AvgIpc) is 2.70. The Kier molecular flexibility index (Phi) is 5.52. The maximum Gasteiger partial charge on any atom is 0.303 e. The lowest BCUT2D eigenvalue weighted by molar-refractivity contribution is -0.362. The fourth-order valence-corrected chi connectivity index (χ4v) is 6.65. The molecule has 3 rings (SSSR count). The Bertz CT molecular complexity index is 881. The van der Waals surface area contributed by atoms with Crippen molar-refractivity contribution >= 4 is 24.0 Å². The molecule has 0 spiro atoms. The van der Waals surface area contributed by atoms with E-state index in [9.17, 15) is 29.4 Å². The zero-order valence-corrected chi connectivity index (χ0v) is 19.3. The molecule has 32 heavy (non-hydrogen) atoms. The van der Waals surface area contributed by atoms with E-state index in [-0.39, 0.29) is 12.9 Å². The molecule has 2 saturated carbocycles. The van der Waals surface area contributed by atoms with Gasteiger partial charge in [0.25, 0.3) is 6.47 Å². The van der Waals surface area contributed by atoms with Gasteiger partial charge in [-0.1, -0.05) is 33.4 Å². The van der Waals surface area contributed by atoms with Crippen LogP contribution in [-0.2, 0) is 33.4 Å². The molecule has 178 valence electrons. The number of hydrogen-bond acceptors (Lipinski definition) is 9. The second-order valence-corrected chi connectivity index (χ2v) is 10.4. The van der Waals surface area contributed by atoms with Gasteiger partial charge in [-0.25, -0.2) is 0 Å². The van der Waals surface area contributed by atoms with Crippen LogP contribution in [0, 0.1) is 16.7 Å². The number of ketones is 2. The molecule has 1 saturated heterocycles. The maximum atomic E-state index is 13.7. The molecule has 0 radical (unpaired) electrons. The normalized spacial score (nSPS) is 47.6. The van der Waals surface area contributed by atoms with Gasteiger partial charge in [-0.3, -0.25) is 19.2 Å². The monoisotopic (exact) mass is 452 g/mol. The first-order valence-corrected chi connectivity index (χ1v) is 10.7. The Hall–Kier alpha value is -2.10. The highest BCUT2D eigenvalue weighted by atomic mass is 16.6. The van der Waals surface area contributed by atoms with E-state index >= 15 is 0 Å². The van der Waals surface area contributed by atoms with E-state index < -0.39 is 69.4 Å². The molecule has 0 amide bonds. The van der Waals surface area contributed by atoms with Gasteiger partial charge >= 0.3 is 5.97 Å². The highest BCUT2D eigenvalue weighted by molar-refractivity contribution is 6.44. The SMILES string of the molecule is C=C[C@]1(C)O[C@]2(C)[C@@H](OC(C)=O)[C@@H](OC=O)[C@H]3C(C)(C)CC[C@H](O)[C@]3(C)[C@@]2(O)C(=O)C1=O. The van der Waals surface area contributed by atoms with Crippen LogP contribution in [-0.4, -0.2) is 69.3 Å². The summed E-state index contributed by atoms with van der Waals surface area (Å²) in [4.78, 5) is 50.5. The number of carbonyl (C=O) groups is 4. The molecule has 2 aliphatic carbocycles. The van der Waals surface area contributed by atoms with Crippen LogP contribution < -0.4 is 0 Å². The number of carbonyl (C=O) groups excluding carboxylic acids is 4. The van der Waals surface area contributed by atoms with E-state index in [4.69, 9.17) is 14.2 Å². The first kappa shape index (κ1) is 24.5. The lowest BCUT2D eigenvalue weighted by Crippen LogP contribution is -2.88. The maximum absolute atomic E-state index is 13.7. The second-order valence-electron chi connectivity index (χ2n) is 10.4. The molecule has 0 aromatic carbocycles. The first-order valence-electron chi connectivity index (χ1n) is 10.7. The number of fused-ring (bicyclic) bond motifs is 3. The summed E-state index contributed by atoms with van der Waals surface area (Å²) >= 11 is 0. The van der Waals surface area contributed by atoms with Crippen molar-refractivity contribution in [1.29, 1.82) is 0 Å². The van der Waals surface area contributed by atoms with Crippen molar-refractivity contribution in [1.82, 2.24) is 0 Å². The zero-order valence-electron chi connectivity index (χ0n) is 19.3. The molecule has 0 aromatic rings. The quantitative estimate of drug-likeness (QED) is 0.276. The van der Waals surface area contributed by atoms with Crippen LogP contribution in [0.3, 0.4) is 0 Å². The minimum absolute atomic E-state index is 0.203. The number of aliphatic hydroxyl groups excluding tert-OH is 1. The second kappa shape index (κ2) is 7.20. The minimum Gasteiger partial charge on any atom is -0.460 e. The summed E-state index contributed by atoms with van der Waals surface area (Å²) in [6.07, 6.45) is -2.03. The van der Waals surface area contributed by atoms with Gasteiger partial charge in [-0.2, -0.15) is 0 Å². The summed E-state index contributed by atoms with van der Waals surface area (Å²) in [5.74, 6) is -3.82. The summed E-state index contributed by atoms with van der Waals surface area (Å²) in [6, 6.07) is 0. The summed E-state index contributed by atoms with van der Waals surface area (Å²) in [5, 5.41) is 23.4. The van der Waals surface area contributed by atoms with E-state index in [0.717, 1.165) is 13.0 Å². The molecule has 0 aromatic heterocycles. The number of esters is 1. The van der Waals surface area contributed by atoms with Crippen LogP contribution in [0.15, 0.2) is 12.7 Å². The summed E-state index contributed by atoms with van der Waals surface area (Å²) in [5.41, 5.74) is -8.84. The van der Waals surface area contributed by atoms with Crippen LogP contribution in [0.4, 0.5) is 0 Å². The van der Waals surface area contributed by atoms with Crippen LogP contribution in [0.2, 0.25) is 0 Å². The molecule has 1 heterocycles. The molecular formula is C23H32O9. The van der Waals surface area contributed by atoms with Crippen LogP contribution in [0.1, 0.15) is 54.4 Å². The Morgan fingerprint density at radius 2 is 1.78 bits per heavy atom. The van der Waals surface area contributed by atoms with E-state index in [1.807, 2.05) is 13.8 Å². The lowest BCUT2D eigenvalue weighted by Gasteiger charge is -2.70. The molecule has 1 aliphatic heterocycles. The standard InChI is InChI=1S/C23H32O9/c1-8-20(5)16(27)17(28)23(29)21(6)13(26)9-10-19(3,4)15(21)14(30-11-24)18(31-12(2)25)22(23,7)32-20/h8,11,13-15,18,26,29H,1,9-10H2,2-7H3/t13-,14-,15-,18-,20-,21-,22+,23-/m0/s1. The molecule has 2 N–H and O–H groups in total. The number of aliphatic hydroxyl groups is 2. The van der Waals surface area contributed by atoms with Crippen LogP contribution in [0.25, 0.3) is 0 Å². The molecule has 3 fully saturated rings. The number of hydrogen-bond donors (Lipinski definition) is 2. The van der Waals surface area contributed by atoms with Gasteiger partial charge in [0.15, 0.2) is 17.3 Å². The fraction of sp³-hybridized carbons (Fsp3) is 0.739. The van der Waals surface area contributed by atoms with Crippen molar-refractivity contribution in [2.24, 2.45) is 16.7 Å². The van der Waals surface area contributed by atoms with Crippen molar-refractivity contribution in [2.75, 3.05) is 0 Å². The van der Waals surface area contributed by atoms with Gasteiger partial charge < -0.3 is 24.4 Å². The van der Waals surface area contributed by atoms with Gasteiger partial charge in [0.05, 0.1) is 6.10 Å². The van der Waals surface area contributed by atoms with E-state index in [1.165, 1.54) is 20.8 Å². The van der Waals surface area contributed by atoms with Gasteiger partial charge in [0, 0.05) is 18.3 Å². The largest absolute Gasteiger partial charge is 0.460 e. The third-order valence-electron chi connectivity index (χ3n) is 8.22. The third kappa shape index (κ3) is 2.74. The van der Waals surface area contributed by atoms with Gasteiger partial charge in [0.1, 0.15) is 11.7 Å². The molecule has 0 bridgehead atoms. The highest BCUT2D eigenvalue weighted by Crippen LogP contribution is 2.67. The molecule has 9 nitrogen and oxygen atoms in total. The first-order chi connectivity index (χ1) is 14.6. The molecule has 9 heteroatoms. The average molecular weight is 453 g/mol. The predicted molar refractivity (Wildman–Crippen MR) is 110 cm³/mol. The third-order valence-corrected chi connectivity index (χ3v) is 8.22. The number of Topliss-reactive ketones (excluding diaryl/α,β-unsaturated/α-hetero) is 2. The van der Waals surface area contributed by atoms with Crippen LogP contribution in [0.5, 0.6) is 0 Å². The summed E-state index contributed by atoms with van der Waals surface area (Å²) in [7, 11) is 0. The molecular weight excluding hydrogens is 420 g/mol. The van der Waals surface area contributed by atoms with Crippen molar-refractivity contribution in [3.8, 4) is 0 Å². The van der Waals surface area contributed by atoms with E-state index in [2.05, 4.69) is 6.58 Å². The minimum atomic E-state index is -2.59. The van der Waals surface area contributed by atoms with E-state index in [0.29, 0.717) is 6.42 Å². The highest BCUT2D eigenvalue weighted by Gasteiger charge is 2.83. The van der Waals surface area contributed by atoms with Crippen LogP contribution >= 0.6 is 0 Å². The van der Waals surface area contributed by atoms with Crippen molar-refractivity contribution in [3.05, 3.63) is 12.7 Å². The van der Waals surface area contributed by atoms with E-state index in [1.54, 1.807) is 0 Å². The summed E-state index contributed by atoms with van der Waals surface area (Å²) < 4.78 is 17.1. The van der Waals surface area contributed by atoms with Gasteiger partial charge in [0.2, 0.25) is 11.6 Å². The molecule has 0 unspecified atom stereocenters. The van der Waals surface area contributed by atoms with Crippen molar-refractivity contribution in [2.45, 2.75) is 89.5 Å². The fourth-order valence-electron chi connectivity index (χ4n) is 6.65. The number of ether oxygens (including phenoxy) is 3. The Morgan fingerprint density at radius 1 is 1.19 bits per heavy atom. The Labute approximate surface area is 187 Å². The molecule has 3 aliphatic rings. The summed E-state index contributed by atoms with van der Waals surface area (Å²) in [6.45, 7) is 12.8. The number of rotatable bonds is 4. The lowest BCUT2D eigenvalue weighted by atomic mass is 9.39. The zero-order chi connectivity index (χ0) is 24.5. The molecule has 8 atom stereocenters. The van der Waals surface area contributed by atoms with Gasteiger partial charge in [-0.15, -0.1) is 0 Å². The van der Waals surface area contributed by atoms with Gasteiger partial charge in [-0.05, 0) is 32.1 Å². The Balaban J connectivity index is 2.43. The topological polar surface area (TPSA) is 136 Å². The predicted octanol–water partition coefficient (Wildman–Crippen LogP) is 0.880. The van der Waals surface area contributed by atoms with Crippen molar-refractivity contribution in [3.63, 3.8) is 0 Å².